The smallest absolute Gasteiger partial charge is 0.190 e. The van der Waals surface area contributed by atoms with Crippen molar-refractivity contribution in [2.45, 2.75) is 77.2 Å². The van der Waals surface area contributed by atoms with Gasteiger partial charge in [0.15, 0.2) is 12.6 Å². The number of hydrogen-bond donors (Lipinski definition) is 1. The highest BCUT2D eigenvalue weighted by molar-refractivity contribution is 5.06. The van der Waals surface area contributed by atoms with Crippen LogP contribution in [-0.2, 0) is 18.9 Å². The molecule has 3 fully saturated rings. The predicted molar refractivity (Wildman–Crippen MR) is 90.4 cm³/mol. The van der Waals surface area contributed by atoms with Crippen LogP contribution in [-0.4, -0.2) is 49.7 Å². The van der Waals surface area contributed by atoms with Crippen molar-refractivity contribution in [1.82, 2.24) is 0 Å². The monoisotopic (exact) mass is 342 g/mol. The van der Waals surface area contributed by atoms with Gasteiger partial charge in [-0.25, -0.2) is 0 Å². The third-order valence-corrected chi connectivity index (χ3v) is 6.52. The molecular weight excluding hydrogens is 308 g/mol. The van der Waals surface area contributed by atoms with Crippen LogP contribution in [0.5, 0.6) is 0 Å². The van der Waals surface area contributed by atoms with Crippen LogP contribution in [0.3, 0.4) is 0 Å². The van der Waals surface area contributed by atoms with Crippen molar-refractivity contribution in [2.24, 2.45) is 23.7 Å². The quantitative estimate of drug-likeness (QED) is 0.779. The highest BCUT2D eigenvalue weighted by atomic mass is 16.8. The van der Waals surface area contributed by atoms with Crippen molar-refractivity contribution < 1.29 is 24.1 Å². The van der Waals surface area contributed by atoms with Crippen molar-refractivity contribution in [1.29, 1.82) is 0 Å². The van der Waals surface area contributed by atoms with Crippen LogP contribution in [0.4, 0.5) is 0 Å². The fraction of sp³-hybridized carbons (Fsp3) is 1.00. The molecule has 0 aromatic carbocycles. The van der Waals surface area contributed by atoms with Gasteiger partial charge in [-0.3, -0.25) is 0 Å². The molecule has 5 heteroatoms. The first-order valence-corrected chi connectivity index (χ1v) is 9.62. The Bertz CT molecular complexity index is 417. The number of rotatable bonds is 5. The van der Waals surface area contributed by atoms with Gasteiger partial charge < -0.3 is 24.1 Å². The Morgan fingerprint density at radius 3 is 2.50 bits per heavy atom. The lowest BCUT2D eigenvalue weighted by Crippen LogP contribution is -2.66. The van der Waals surface area contributed by atoms with E-state index < -0.39 is 11.9 Å². The van der Waals surface area contributed by atoms with Crippen molar-refractivity contribution in [3.05, 3.63) is 0 Å². The summed E-state index contributed by atoms with van der Waals surface area (Å²) < 4.78 is 23.4. The van der Waals surface area contributed by atoms with Gasteiger partial charge in [-0.15, -0.1) is 0 Å². The Morgan fingerprint density at radius 1 is 1.00 bits per heavy atom. The summed E-state index contributed by atoms with van der Waals surface area (Å²) in [6, 6.07) is 0. The van der Waals surface area contributed by atoms with Crippen molar-refractivity contribution in [3.63, 3.8) is 0 Å². The van der Waals surface area contributed by atoms with Gasteiger partial charge in [-0.05, 0) is 50.9 Å². The van der Waals surface area contributed by atoms with Crippen LogP contribution < -0.4 is 0 Å². The third kappa shape index (κ3) is 3.26. The highest BCUT2D eigenvalue weighted by Crippen LogP contribution is 2.54. The summed E-state index contributed by atoms with van der Waals surface area (Å²) in [5.74, 6) is 1.11. The summed E-state index contributed by atoms with van der Waals surface area (Å²) in [5, 5.41) is 11.7. The molecule has 24 heavy (non-hydrogen) atoms. The zero-order valence-corrected chi connectivity index (χ0v) is 15.6. The van der Waals surface area contributed by atoms with E-state index in [1.807, 2.05) is 0 Å². The molecule has 2 saturated heterocycles. The largest absolute Gasteiger partial charge is 0.385 e. The Morgan fingerprint density at radius 2 is 1.75 bits per heavy atom. The fourth-order valence-corrected chi connectivity index (χ4v) is 5.13. The molecule has 8 atom stereocenters. The number of methoxy groups -OCH3 is 1. The van der Waals surface area contributed by atoms with E-state index in [9.17, 15) is 5.11 Å². The van der Waals surface area contributed by atoms with Gasteiger partial charge in [0.2, 0.25) is 0 Å². The molecule has 0 radical (unpaired) electrons. The minimum atomic E-state index is -0.881. The minimum absolute atomic E-state index is 0.111. The van der Waals surface area contributed by atoms with Gasteiger partial charge in [0.25, 0.3) is 0 Å². The summed E-state index contributed by atoms with van der Waals surface area (Å²) >= 11 is 0. The maximum atomic E-state index is 11.7. The average molecular weight is 342 g/mol. The molecule has 0 amide bonds. The topological polar surface area (TPSA) is 57.2 Å². The van der Waals surface area contributed by atoms with Crippen molar-refractivity contribution in [3.8, 4) is 0 Å². The molecule has 3 rings (SSSR count). The molecule has 5 nitrogen and oxygen atoms in total. The summed E-state index contributed by atoms with van der Waals surface area (Å²) in [6.45, 7) is 7.79. The van der Waals surface area contributed by atoms with E-state index in [1.54, 1.807) is 7.11 Å². The average Bonchev–Trinajstić information content (AvgIpc) is 2.67. The molecular formula is C19H34O5. The van der Waals surface area contributed by atoms with Gasteiger partial charge in [0.1, 0.15) is 5.60 Å². The maximum Gasteiger partial charge on any atom is 0.190 e. The van der Waals surface area contributed by atoms with E-state index in [-0.39, 0.29) is 30.1 Å². The molecule has 2 heterocycles. The summed E-state index contributed by atoms with van der Waals surface area (Å²) in [6.07, 6.45) is 4.26. The molecule has 1 N–H and O–H groups in total. The summed E-state index contributed by atoms with van der Waals surface area (Å²) in [7, 11) is 1.70. The SMILES string of the molecule is COCCCOC1O[C@@H]2O[C@@H](C)CCC3[C@H](C)CCC([C@H]1C)[C@]32O. The first-order valence-electron chi connectivity index (χ1n) is 9.62. The Labute approximate surface area is 146 Å². The number of hydrogen-bond acceptors (Lipinski definition) is 5. The van der Waals surface area contributed by atoms with E-state index in [1.165, 1.54) is 6.42 Å². The molecule has 0 bridgehead atoms. The molecule has 2 aliphatic heterocycles. The number of aliphatic hydroxyl groups is 1. The second-order valence-corrected chi connectivity index (χ2v) is 8.09. The number of ether oxygens (including phenoxy) is 4. The lowest BCUT2D eigenvalue weighted by Gasteiger charge is -2.57. The van der Waals surface area contributed by atoms with Crippen LogP contribution in [0.25, 0.3) is 0 Å². The Kier molecular flexibility index (Phi) is 5.87. The maximum absolute atomic E-state index is 11.7. The molecule has 3 aliphatic rings. The van der Waals surface area contributed by atoms with Crippen LogP contribution in [0, 0.1) is 23.7 Å². The van der Waals surface area contributed by atoms with Gasteiger partial charge in [-0.2, -0.15) is 0 Å². The Hall–Kier alpha value is -0.200. The molecule has 140 valence electrons. The standard InChI is InChI=1S/C19H34O5/c1-12-6-8-16-14(3)17(22-11-5-10-21-4)24-18-19(16,20)15(12)9-7-13(2)23-18/h12-18,20H,5-11H2,1-4H3/t12-,13+,14-,15?,16?,17?,18+,19-/m1/s1. The van der Waals surface area contributed by atoms with E-state index >= 15 is 0 Å². The Balaban J connectivity index is 1.78. The normalized spacial score (nSPS) is 48.6. The highest BCUT2D eigenvalue weighted by Gasteiger charge is 2.62. The second-order valence-electron chi connectivity index (χ2n) is 8.09. The van der Waals surface area contributed by atoms with Gasteiger partial charge in [-0.1, -0.05) is 13.8 Å². The molecule has 1 aliphatic carbocycles. The first-order chi connectivity index (χ1) is 11.5. The first kappa shape index (κ1) is 18.6. The summed E-state index contributed by atoms with van der Waals surface area (Å²) in [4.78, 5) is 0. The molecule has 0 aromatic rings. The molecule has 0 spiro atoms. The van der Waals surface area contributed by atoms with E-state index in [2.05, 4.69) is 20.8 Å². The van der Waals surface area contributed by atoms with E-state index in [0.29, 0.717) is 19.1 Å². The molecule has 0 aromatic heterocycles. The lowest BCUT2D eigenvalue weighted by molar-refractivity contribution is -0.382. The minimum Gasteiger partial charge on any atom is -0.385 e. The molecule has 3 unspecified atom stereocenters. The fourth-order valence-electron chi connectivity index (χ4n) is 5.13. The van der Waals surface area contributed by atoms with Crippen molar-refractivity contribution in [2.75, 3.05) is 20.3 Å². The van der Waals surface area contributed by atoms with Crippen LogP contribution >= 0.6 is 0 Å². The van der Waals surface area contributed by atoms with Crippen LogP contribution in [0.1, 0.15) is 52.9 Å². The van der Waals surface area contributed by atoms with E-state index in [0.717, 1.165) is 25.7 Å². The summed E-state index contributed by atoms with van der Waals surface area (Å²) in [5.41, 5.74) is -0.881. The second kappa shape index (κ2) is 7.58. The van der Waals surface area contributed by atoms with Gasteiger partial charge in [0, 0.05) is 25.6 Å². The third-order valence-electron chi connectivity index (χ3n) is 6.52. The van der Waals surface area contributed by atoms with Crippen LogP contribution in [0.2, 0.25) is 0 Å². The molecule has 1 saturated carbocycles. The van der Waals surface area contributed by atoms with E-state index in [4.69, 9.17) is 18.9 Å². The lowest BCUT2D eigenvalue weighted by atomic mass is 9.58. The van der Waals surface area contributed by atoms with Crippen molar-refractivity contribution >= 4 is 0 Å². The zero-order valence-electron chi connectivity index (χ0n) is 15.6. The predicted octanol–water partition coefficient (Wildman–Crippen LogP) is 2.95. The zero-order chi connectivity index (χ0) is 17.3. The van der Waals surface area contributed by atoms with Gasteiger partial charge in [0.05, 0.1) is 12.7 Å². The van der Waals surface area contributed by atoms with Crippen LogP contribution in [0.15, 0.2) is 0 Å². The van der Waals surface area contributed by atoms with Gasteiger partial charge >= 0.3 is 0 Å².